The molecule has 0 aromatic rings. The Bertz CT molecular complexity index is 367. The fourth-order valence-electron chi connectivity index (χ4n) is 2.88. The lowest BCUT2D eigenvalue weighted by Crippen LogP contribution is -2.37. The third kappa shape index (κ3) is 6.46. The van der Waals surface area contributed by atoms with Crippen molar-refractivity contribution < 1.29 is 9.59 Å². The molecule has 0 saturated carbocycles. The van der Waals surface area contributed by atoms with Crippen molar-refractivity contribution >= 4 is 12.8 Å². The second-order valence-corrected chi connectivity index (χ2v) is 6.74. The van der Waals surface area contributed by atoms with E-state index in [9.17, 15) is 9.59 Å². The van der Waals surface area contributed by atoms with Crippen molar-refractivity contribution in [2.24, 2.45) is 10.8 Å². The highest BCUT2D eigenvalue weighted by molar-refractivity contribution is 5.49. The monoisotopic (exact) mass is 308 g/mol. The number of carbonyl (C=O) groups excluding carboxylic acids is 2. The minimum atomic E-state index is 0.0278. The van der Waals surface area contributed by atoms with Crippen molar-refractivity contribution in [1.82, 2.24) is 9.80 Å². The van der Waals surface area contributed by atoms with Crippen LogP contribution in [-0.4, -0.2) is 35.7 Å². The van der Waals surface area contributed by atoms with E-state index in [-0.39, 0.29) is 10.8 Å². The summed E-state index contributed by atoms with van der Waals surface area (Å²) in [5, 5.41) is 0. The van der Waals surface area contributed by atoms with Crippen LogP contribution in [0.1, 0.15) is 53.4 Å². The first-order valence-corrected chi connectivity index (χ1v) is 7.99. The van der Waals surface area contributed by atoms with Gasteiger partial charge in [-0.2, -0.15) is 0 Å². The van der Waals surface area contributed by atoms with Crippen LogP contribution in [0.4, 0.5) is 0 Å². The Labute approximate surface area is 135 Å². The maximum absolute atomic E-state index is 11.1. The molecule has 0 aliphatic carbocycles. The fraction of sp³-hybridized carbons (Fsp3) is 0.667. The summed E-state index contributed by atoms with van der Waals surface area (Å²) < 4.78 is 0. The third-order valence-corrected chi connectivity index (χ3v) is 4.84. The normalized spacial score (nSPS) is 16.0. The summed E-state index contributed by atoms with van der Waals surface area (Å²) in [6.45, 7) is 17.5. The molecule has 0 N–H and O–H groups in total. The summed E-state index contributed by atoms with van der Waals surface area (Å²) in [6, 6.07) is 0. The SMILES string of the molecule is C=CN(C=O)CCC(C)(CC)CC(C)(CC)CN(C=C)C=O. The molecule has 22 heavy (non-hydrogen) atoms. The van der Waals surface area contributed by atoms with Crippen LogP contribution in [0.3, 0.4) is 0 Å². The lowest BCUT2D eigenvalue weighted by Gasteiger charge is -2.41. The molecule has 0 aliphatic rings. The molecule has 0 spiro atoms. The highest BCUT2D eigenvalue weighted by atomic mass is 16.1. The molecule has 0 aromatic carbocycles. The topological polar surface area (TPSA) is 40.6 Å². The van der Waals surface area contributed by atoms with Crippen LogP contribution in [0.25, 0.3) is 0 Å². The Kier molecular flexibility index (Phi) is 8.76. The molecule has 0 aromatic heterocycles. The molecule has 0 fully saturated rings. The van der Waals surface area contributed by atoms with Crippen LogP contribution in [-0.2, 0) is 9.59 Å². The summed E-state index contributed by atoms with van der Waals surface area (Å²) in [4.78, 5) is 25.2. The molecular weight excluding hydrogens is 276 g/mol. The van der Waals surface area contributed by atoms with E-state index in [2.05, 4.69) is 40.9 Å². The van der Waals surface area contributed by atoms with Crippen molar-refractivity contribution in [3.63, 3.8) is 0 Å². The van der Waals surface area contributed by atoms with E-state index < -0.39 is 0 Å². The molecule has 0 rings (SSSR count). The molecule has 2 atom stereocenters. The van der Waals surface area contributed by atoms with Gasteiger partial charge in [-0.05, 0) is 42.5 Å². The highest BCUT2D eigenvalue weighted by Gasteiger charge is 2.34. The molecule has 0 aliphatic heterocycles. The quantitative estimate of drug-likeness (QED) is 0.486. The number of amides is 2. The maximum atomic E-state index is 11.1. The van der Waals surface area contributed by atoms with E-state index in [1.54, 1.807) is 22.2 Å². The second kappa shape index (κ2) is 9.44. The van der Waals surface area contributed by atoms with Crippen molar-refractivity contribution in [3.05, 3.63) is 25.6 Å². The Morgan fingerprint density at radius 3 is 1.77 bits per heavy atom. The number of rotatable bonds is 13. The standard InChI is InChI=1S/C18H32N2O2/c1-7-17(5,11-12-19(9-3)15-21)13-18(6,8-2)14-20(10-4)16-22/h9-10,15-16H,3-4,7-8,11-14H2,1-2,5-6H3. The first-order chi connectivity index (χ1) is 10.3. The number of carbonyl (C=O) groups is 2. The molecule has 2 amide bonds. The third-order valence-electron chi connectivity index (χ3n) is 4.84. The average Bonchev–Trinajstić information content (AvgIpc) is 2.53. The maximum Gasteiger partial charge on any atom is 0.213 e. The van der Waals surface area contributed by atoms with Crippen molar-refractivity contribution in [2.45, 2.75) is 53.4 Å². The Morgan fingerprint density at radius 2 is 1.41 bits per heavy atom. The average molecular weight is 308 g/mol. The van der Waals surface area contributed by atoms with Gasteiger partial charge >= 0.3 is 0 Å². The fourth-order valence-corrected chi connectivity index (χ4v) is 2.88. The first kappa shape index (κ1) is 20.4. The Balaban J connectivity index is 4.96. The predicted octanol–water partition coefficient (Wildman–Crippen LogP) is 3.80. The molecule has 0 radical (unpaired) electrons. The molecule has 0 bridgehead atoms. The van der Waals surface area contributed by atoms with E-state index in [4.69, 9.17) is 0 Å². The van der Waals surface area contributed by atoms with E-state index >= 15 is 0 Å². The van der Waals surface area contributed by atoms with Gasteiger partial charge in [0.2, 0.25) is 12.8 Å². The summed E-state index contributed by atoms with van der Waals surface area (Å²) in [5.41, 5.74) is 0.144. The predicted molar refractivity (Wildman–Crippen MR) is 92.0 cm³/mol. The van der Waals surface area contributed by atoms with Gasteiger partial charge < -0.3 is 9.80 Å². The van der Waals surface area contributed by atoms with Crippen molar-refractivity contribution in [3.8, 4) is 0 Å². The van der Waals surface area contributed by atoms with E-state index in [0.29, 0.717) is 13.1 Å². The molecule has 2 unspecified atom stereocenters. The van der Waals surface area contributed by atoms with Gasteiger partial charge in [-0.3, -0.25) is 9.59 Å². The van der Waals surface area contributed by atoms with Gasteiger partial charge in [0.15, 0.2) is 0 Å². The van der Waals surface area contributed by atoms with Gasteiger partial charge in [-0.25, -0.2) is 0 Å². The molecular formula is C18H32N2O2. The van der Waals surface area contributed by atoms with Crippen LogP contribution in [0.2, 0.25) is 0 Å². The van der Waals surface area contributed by atoms with Crippen molar-refractivity contribution in [1.29, 1.82) is 0 Å². The number of hydrogen-bond donors (Lipinski definition) is 0. The Morgan fingerprint density at radius 1 is 0.909 bits per heavy atom. The molecule has 4 heteroatoms. The highest BCUT2D eigenvalue weighted by Crippen LogP contribution is 2.41. The zero-order chi connectivity index (χ0) is 17.2. The largest absolute Gasteiger partial charge is 0.322 e. The van der Waals surface area contributed by atoms with Crippen LogP contribution < -0.4 is 0 Å². The summed E-state index contributed by atoms with van der Waals surface area (Å²) >= 11 is 0. The first-order valence-electron chi connectivity index (χ1n) is 7.99. The van der Waals surface area contributed by atoms with E-state index in [1.165, 1.54) is 0 Å². The summed E-state index contributed by atoms with van der Waals surface area (Å²) in [5.74, 6) is 0. The van der Waals surface area contributed by atoms with Gasteiger partial charge in [0.05, 0.1) is 0 Å². The van der Waals surface area contributed by atoms with Gasteiger partial charge in [0.25, 0.3) is 0 Å². The van der Waals surface area contributed by atoms with Crippen molar-refractivity contribution in [2.75, 3.05) is 13.1 Å². The van der Waals surface area contributed by atoms with Gasteiger partial charge in [0.1, 0.15) is 0 Å². The summed E-state index contributed by atoms with van der Waals surface area (Å²) in [7, 11) is 0. The molecule has 0 saturated heterocycles. The van der Waals surface area contributed by atoms with E-state index in [0.717, 1.165) is 38.5 Å². The molecule has 0 heterocycles. The minimum absolute atomic E-state index is 0.0278. The van der Waals surface area contributed by atoms with Gasteiger partial charge in [0, 0.05) is 13.1 Å². The van der Waals surface area contributed by atoms with Crippen LogP contribution in [0.15, 0.2) is 25.6 Å². The minimum Gasteiger partial charge on any atom is -0.322 e. The zero-order valence-electron chi connectivity index (χ0n) is 14.7. The Hall–Kier alpha value is -1.58. The lowest BCUT2D eigenvalue weighted by molar-refractivity contribution is -0.118. The number of nitrogens with zero attached hydrogens (tertiary/aromatic N) is 2. The second-order valence-electron chi connectivity index (χ2n) is 6.74. The number of hydrogen-bond acceptors (Lipinski definition) is 2. The zero-order valence-corrected chi connectivity index (χ0v) is 14.7. The van der Waals surface area contributed by atoms with Crippen LogP contribution in [0, 0.1) is 10.8 Å². The summed E-state index contributed by atoms with van der Waals surface area (Å²) in [6.07, 6.45) is 8.71. The van der Waals surface area contributed by atoms with Crippen LogP contribution in [0.5, 0.6) is 0 Å². The smallest absolute Gasteiger partial charge is 0.213 e. The van der Waals surface area contributed by atoms with Crippen LogP contribution >= 0.6 is 0 Å². The van der Waals surface area contributed by atoms with Gasteiger partial charge in [-0.15, -0.1) is 0 Å². The molecule has 4 nitrogen and oxygen atoms in total. The lowest BCUT2D eigenvalue weighted by atomic mass is 9.68. The van der Waals surface area contributed by atoms with Gasteiger partial charge in [-0.1, -0.05) is 47.3 Å². The molecule has 126 valence electrons. The van der Waals surface area contributed by atoms with E-state index in [1.807, 2.05) is 0 Å².